The van der Waals surface area contributed by atoms with Gasteiger partial charge in [0.15, 0.2) is 0 Å². The number of benzene rings is 2. The zero-order valence-corrected chi connectivity index (χ0v) is 22.7. The second-order valence-electron chi connectivity index (χ2n) is 11.4. The highest BCUT2D eigenvalue weighted by atomic mass is 35.5. The zero-order valence-electron chi connectivity index (χ0n) is 21.9. The summed E-state index contributed by atoms with van der Waals surface area (Å²) in [5, 5.41) is 0. The lowest BCUT2D eigenvalue weighted by Gasteiger charge is -2.47. The summed E-state index contributed by atoms with van der Waals surface area (Å²) in [6.45, 7) is 3.60. The van der Waals surface area contributed by atoms with Crippen LogP contribution >= 0.6 is 0 Å². The van der Waals surface area contributed by atoms with Crippen molar-refractivity contribution in [1.82, 2.24) is 0 Å². The summed E-state index contributed by atoms with van der Waals surface area (Å²) in [5.41, 5.74) is -0.407. The van der Waals surface area contributed by atoms with Crippen LogP contribution in [0.25, 0.3) is 0 Å². The second kappa shape index (κ2) is 11.4. The summed E-state index contributed by atoms with van der Waals surface area (Å²) in [4.78, 5) is 27.9. The first-order chi connectivity index (χ1) is 18.1. The molecule has 38 heavy (non-hydrogen) atoms. The highest BCUT2D eigenvalue weighted by Crippen LogP contribution is 2.47. The average molecular weight is 540 g/mol. The first-order valence-electron chi connectivity index (χ1n) is 14.1. The van der Waals surface area contributed by atoms with Gasteiger partial charge in [0.25, 0.3) is 5.60 Å². The van der Waals surface area contributed by atoms with Crippen molar-refractivity contribution in [2.45, 2.75) is 75.2 Å². The molecule has 6 nitrogen and oxygen atoms in total. The van der Waals surface area contributed by atoms with Crippen LogP contribution in [0, 0.1) is 5.92 Å². The SMILES string of the molecule is O=C(OC(C(=O)OC1CC2CCC(C1)[N+]21CCCC1)(c1ccccc1)c1ccccc1)C1CCOCC1.[Cl-]. The van der Waals surface area contributed by atoms with Gasteiger partial charge in [0, 0.05) is 62.9 Å². The van der Waals surface area contributed by atoms with Crippen molar-refractivity contribution in [2.24, 2.45) is 5.92 Å². The minimum Gasteiger partial charge on any atom is -1.00 e. The predicted molar refractivity (Wildman–Crippen MR) is 138 cm³/mol. The third kappa shape index (κ3) is 4.76. The smallest absolute Gasteiger partial charge is 0.360 e. The zero-order chi connectivity index (χ0) is 25.3. The molecule has 2 atom stereocenters. The standard InChI is InChI=1S/C31H38NO5.ClH/c33-29(23-15-19-35-20-16-23)37-31(24-9-3-1-4-10-24,25-11-5-2-6-12-25)30(34)36-28-21-26-13-14-27(22-28)32(26)17-7-8-18-32;/h1-6,9-12,23,26-28H,7-8,13-22H2;1H/q+1;/p-1. The molecule has 2 aromatic carbocycles. The quantitative estimate of drug-likeness (QED) is 0.413. The van der Waals surface area contributed by atoms with Gasteiger partial charge in [0.1, 0.15) is 6.10 Å². The summed E-state index contributed by atoms with van der Waals surface area (Å²) in [6, 6.07) is 19.9. The van der Waals surface area contributed by atoms with Crippen molar-refractivity contribution in [3.05, 3.63) is 71.8 Å². The Hall–Kier alpha value is -2.41. The number of esters is 2. The lowest BCUT2D eigenvalue weighted by Crippen LogP contribution is -3.00. The predicted octanol–water partition coefficient (Wildman–Crippen LogP) is 1.75. The minimum absolute atomic E-state index is 0. The lowest BCUT2D eigenvalue weighted by molar-refractivity contribution is -0.956. The second-order valence-corrected chi connectivity index (χ2v) is 11.4. The number of carbonyl (C=O) groups excluding carboxylic acids is 2. The molecule has 4 heterocycles. The highest BCUT2D eigenvalue weighted by Gasteiger charge is 2.57. The van der Waals surface area contributed by atoms with Crippen LogP contribution in [0.3, 0.4) is 0 Å². The molecule has 6 rings (SSSR count). The number of hydrogen-bond donors (Lipinski definition) is 0. The van der Waals surface area contributed by atoms with Gasteiger partial charge in [-0.2, -0.15) is 0 Å². The lowest BCUT2D eigenvalue weighted by atomic mass is 9.85. The minimum atomic E-state index is -1.64. The fourth-order valence-corrected chi connectivity index (χ4v) is 7.62. The highest BCUT2D eigenvalue weighted by molar-refractivity contribution is 5.89. The molecule has 2 unspecified atom stereocenters. The summed E-state index contributed by atoms with van der Waals surface area (Å²) < 4.78 is 19.4. The fraction of sp³-hybridized carbons (Fsp3) is 0.548. The van der Waals surface area contributed by atoms with Crippen LogP contribution in [0.4, 0.5) is 0 Å². The van der Waals surface area contributed by atoms with Crippen molar-refractivity contribution >= 4 is 11.9 Å². The van der Waals surface area contributed by atoms with Crippen molar-refractivity contribution < 1.29 is 40.7 Å². The van der Waals surface area contributed by atoms with Gasteiger partial charge in [-0.1, -0.05) is 60.7 Å². The van der Waals surface area contributed by atoms with Gasteiger partial charge in [-0.3, -0.25) is 4.79 Å². The normalized spacial score (nSPS) is 26.5. The summed E-state index contributed by atoms with van der Waals surface area (Å²) >= 11 is 0. The van der Waals surface area contributed by atoms with E-state index in [2.05, 4.69) is 0 Å². The van der Waals surface area contributed by atoms with Gasteiger partial charge in [0.05, 0.1) is 31.1 Å². The van der Waals surface area contributed by atoms with Gasteiger partial charge < -0.3 is 31.1 Å². The topological polar surface area (TPSA) is 61.8 Å². The number of hydrogen-bond acceptors (Lipinski definition) is 5. The number of halogens is 1. The number of ether oxygens (including phenoxy) is 3. The molecule has 4 aliphatic heterocycles. The summed E-state index contributed by atoms with van der Waals surface area (Å²) in [5.74, 6) is -1.14. The Morgan fingerprint density at radius 1 is 0.789 bits per heavy atom. The summed E-state index contributed by atoms with van der Waals surface area (Å²) in [7, 11) is 0. The maximum atomic E-state index is 14.4. The fourth-order valence-electron chi connectivity index (χ4n) is 7.62. The van der Waals surface area contributed by atoms with E-state index in [0.29, 0.717) is 49.3 Å². The molecule has 0 aromatic heterocycles. The van der Waals surface area contributed by atoms with Gasteiger partial charge in [-0.15, -0.1) is 0 Å². The van der Waals surface area contributed by atoms with E-state index in [1.54, 1.807) is 0 Å². The summed E-state index contributed by atoms with van der Waals surface area (Å²) in [6.07, 6.45) is 7.91. The molecular weight excluding hydrogens is 502 g/mol. The van der Waals surface area contributed by atoms with Crippen LogP contribution in [-0.4, -0.2) is 60.9 Å². The van der Waals surface area contributed by atoms with E-state index < -0.39 is 11.6 Å². The van der Waals surface area contributed by atoms with Gasteiger partial charge in [-0.05, 0) is 12.8 Å². The molecule has 2 aromatic rings. The van der Waals surface area contributed by atoms with Crippen molar-refractivity contribution in [1.29, 1.82) is 0 Å². The number of rotatable bonds is 6. The van der Waals surface area contributed by atoms with Gasteiger partial charge in [-0.25, -0.2) is 4.79 Å². The number of piperidine rings is 1. The largest absolute Gasteiger partial charge is 1.00 e. The van der Waals surface area contributed by atoms with Crippen molar-refractivity contribution in [2.75, 3.05) is 26.3 Å². The molecule has 0 saturated carbocycles. The van der Waals surface area contributed by atoms with E-state index in [0.717, 1.165) is 12.8 Å². The van der Waals surface area contributed by atoms with Crippen molar-refractivity contribution in [3.8, 4) is 0 Å². The Kier molecular flexibility index (Phi) is 8.13. The molecule has 1 spiro atoms. The molecule has 0 aliphatic carbocycles. The van der Waals surface area contributed by atoms with E-state index >= 15 is 0 Å². The number of carbonyl (C=O) groups is 2. The first kappa shape index (κ1) is 27.2. The maximum Gasteiger partial charge on any atom is 0.360 e. The molecule has 7 heteroatoms. The van der Waals surface area contributed by atoms with Crippen LogP contribution in [0.15, 0.2) is 60.7 Å². The third-order valence-corrected chi connectivity index (χ3v) is 9.49. The van der Waals surface area contributed by atoms with E-state index in [1.807, 2.05) is 60.7 Å². The van der Waals surface area contributed by atoms with Crippen LogP contribution in [0.5, 0.6) is 0 Å². The molecule has 4 saturated heterocycles. The van der Waals surface area contributed by atoms with E-state index in [-0.39, 0.29) is 30.4 Å². The molecule has 4 aliphatic rings. The number of quaternary nitrogens is 1. The molecular formula is C31H38ClNO5. The van der Waals surface area contributed by atoms with Gasteiger partial charge >= 0.3 is 11.9 Å². The number of nitrogens with zero attached hydrogens (tertiary/aromatic N) is 1. The monoisotopic (exact) mass is 539 g/mol. The third-order valence-electron chi connectivity index (χ3n) is 9.49. The van der Waals surface area contributed by atoms with Crippen LogP contribution in [0.1, 0.15) is 62.5 Å². The molecule has 2 bridgehead atoms. The maximum absolute atomic E-state index is 14.4. The Morgan fingerprint density at radius 3 is 1.84 bits per heavy atom. The Labute approximate surface area is 231 Å². The van der Waals surface area contributed by atoms with Gasteiger partial charge in [0.2, 0.25) is 0 Å². The van der Waals surface area contributed by atoms with E-state index in [9.17, 15) is 9.59 Å². The molecule has 0 N–H and O–H groups in total. The Bertz CT molecular complexity index is 1040. The first-order valence-corrected chi connectivity index (χ1v) is 14.1. The molecule has 4 fully saturated rings. The van der Waals surface area contributed by atoms with Crippen LogP contribution < -0.4 is 12.4 Å². The molecule has 0 amide bonds. The Morgan fingerprint density at radius 2 is 1.32 bits per heavy atom. The van der Waals surface area contributed by atoms with Crippen molar-refractivity contribution in [3.63, 3.8) is 0 Å². The van der Waals surface area contributed by atoms with Crippen LogP contribution in [-0.2, 0) is 29.4 Å². The average Bonchev–Trinajstić information content (AvgIpc) is 3.49. The van der Waals surface area contributed by atoms with Crippen LogP contribution in [0.2, 0.25) is 0 Å². The molecule has 0 radical (unpaired) electrons. The van der Waals surface area contributed by atoms with E-state index in [4.69, 9.17) is 14.2 Å². The Balaban J connectivity index is 0.00000294. The van der Waals surface area contributed by atoms with E-state index in [1.165, 1.54) is 43.3 Å². The molecule has 204 valence electrons.